The van der Waals surface area contributed by atoms with E-state index >= 15 is 0 Å². The number of hydrogen-bond acceptors (Lipinski definition) is 3. The molecule has 0 saturated heterocycles. The van der Waals surface area contributed by atoms with Crippen LogP contribution in [0, 0.1) is 0 Å². The van der Waals surface area contributed by atoms with Gasteiger partial charge in [-0.05, 0) is 45.4 Å². The molecule has 1 aliphatic carbocycles. The van der Waals surface area contributed by atoms with Gasteiger partial charge in [0.2, 0.25) is 0 Å². The van der Waals surface area contributed by atoms with Crippen molar-refractivity contribution in [1.29, 1.82) is 0 Å². The van der Waals surface area contributed by atoms with Crippen LogP contribution in [-0.2, 0) is 4.74 Å². The Hall–Kier alpha value is -0.120. The fourth-order valence-corrected chi connectivity index (χ4v) is 2.89. The largest absolute Gasteiger partial charge is 0.394 e. The monoisotopic (exact) mass is 299 g/mol. The number of ether oxygens (including phenoxy) is 1. The molecule has 1 fully saturated rings. The van der Waals surface area contributed by atoms with Gasteiger partial charge in [0.25, 0.3) is 0 Å². The molecule has 1 saturated carbocycles. The molecule has 0 aromatic heterocycles. The average Bonchev–Trinajstić information content (AvgIpc) is 3.31. The molecule has 0 heterocycles. The van der Waals surface area contributed by atoms with Crippen LogP contribution in [0.4, 0.5) is 0 Å². The van der Waals surface area contributed by atoms with E-state index in [2.05, 4.69) is 26.1 Å². The van der Waals surface area contributed by atoms with Crippen LogP contribution >= 0.6 is 0 Å². The van der Waals surface area contributed by atoms with Gasteiger partial charge in [0.15, 0.2) is 0 Å². The van der Waals surface area contributed by atoms with Gasteiger partial charge in [-0.3, -0.25) is 0 Å². The molecule has 1 aliphatic rings. The van der Waals surface area contributed by atoms with Crippen molar-refractivity contribution < 1.29 is 9.84 Å². The lowest BCUT2D eigenvalue weighted by Gasteiger charge is -2.32. The fraction of sp³-hybridized carbons (Fsp3) is 1.00. The first kappa shape index (κ1) is 18.9. The van der Waals surface area contributed by atoms with E-state index in [1.807, 2.05) is 0 Å². The van der Waals surface area contributed by atoms with Crippen LogP contribution in [-0.4, -0.2) is 36.0 Å². The summed E-state index contributed by atoms with van der Waals surface area (Å²) in [5, 5.41) is 13.4. The van der Waals surface area contributed by atoms with E-state index in [0.29, 0.717) is 12.1 Å². The molecule has 0 spiro atoms. The van der Waals surface area contributed by atoms with Gasteiger partial charge in [-0.25, -0.2) is 0 Å². The van der Waals surface area contributed by atoms with Gasteiger partial charge in [-0.15, -0.1) is 0 Å². The number of nitrogens with one attached hydrogen (secondary N) is 1. The number of rotatable bonds is 14. The smallest absolute Gasteiger partial charge is 0.0613 e. The molecular formula is C18H37NO2. The van der Waals surface area contributed by atoms with Crippen molar-refractivity contribution >= 4 is 0 Å². The zero-order valence-electron chi connectivity index (χ0n) is 14.5. The zero-order chi connectivity index (χ0) is 15.6. The van der Waals surface area contributed by atoms with E-state index in [4.69, 9.17) is 4.74 Å². The minimum Gasteiger partial charge on any atom is -0.394 e. The fourth-order valence-electron chi connectivity index (χ4n) is 2.89. The highest BCUT2D eigenvalue weighted by molar-refractivity contribution is 4.94. The van der Waals surface area contributed by atoms with Crippen LogP contribution in [0.25, 0.3) is 0 Å². The average molecular weight is 299 g/mol. The Morgan fingerprint density at radius 3 is 2.52 bits per heavy atom. The normalized spacial score (nSPS) is 19.4. The molecule has 0 amide bonds. The van der Waals surface area contributed by atoms with E-state index < -0.39 is 0 Å². The Bertz CT molecular complexity index is 250. The van der Waals surface area contributed by atoms with Crippen LogP contribution in [0.1, 0.15) is 85.0 Å². The molecule has 21 heavy (non-hydrogen) atoms. The van der Waals surface area contributed by atoms with Crippen LogP contribution in [0.15, 0.2) is 0 Å². The van der Waals surface area contributed by atoms with Crippen molar-refractivity contribution in [2.75, 3.05) is 13.2 Å². The Labute approximate surface area is 131 Å². The lowest BCUT2D eigenvalue weighted by Crippen LogP contribution is -2.49. The maximum atomic E-state index is 9.73. The predicted octanol–water partition coefficient (Wildman–Crippen LogP) is 4.04. The third-order valence-electron chi connectivity index (χ3n) is 4.73. The van der Waals surface area contributed by atoms with E-state index in [0.717, 1.165) is 25.9 Å². The predicted molar refractivity (Wildman–Crippen MR) is 89.7 cm³/mol. The van der Waals surface area contributed by atoms with Gasteiger partial charge in [0, 0.05) is 18.2 Å². The third-order valence-corrected chi connectivity index (χ3v) is 4.73. The summed E-state index contributed by atoms with van der Waals surface area (Å²) in [6.07, 6.45) is 12.4. The van der Waals surface area contributed by atoms with Crippen LogP contribution < -0.4 is 5.32 Å². The Morgan fingerprint density at radius 2 is 1.95 bits per heavy atom. The summed E-state index contributed by atoms with van der Waals surface area (Å²) >= 11 is 0. The van der Waals surface area contributed by atoms with Gasteiger partial charge in [0.05, 0.1) is 12.7 Å². The Kier molecular flexibility index (Phi) is 9.54. The third kappa shape index (κ3) is 8.18. The highest BCUT2D eigenvalue weighted by Gasteiger charge is 2.33. The molecule has 0 bridgehead atoms. The molecule has 2 atom stereocenters. The van der Waals surface area contributed by atoms with E-state index in [9.17, 15) is 5.11 Å². The maximum absolute atomic E-state index is 9.73. The zero-order valence-corrected chi connectivity index (χ0v) is 14.5. The second kappa shape index (κ2) is 10.6. The van der Waals surface area contributed by atoms with Crippen LogP contribution in [0.2, 0.25) is 0 Å². The molecule has 0 aromatic rings. The molecule has 3 nitrogen and oxygen atoms in total. The summed E-state index contributed by atoms with van der Waals surface area (Å²) < 4.78 is 5.92. The molecule has 0 aromatic carbocycles. The molecule has 0 radical (unpaired) electrons. The Balaban J connectivity index is 2.09. The second-order valence-electron chi connectivity index (χ2n) is 6.84. The quantitative estimate of drug-likeness (QED) is 0.476. The number of unbranched alkanes of at least 4 members (excludes halogenated alkanes) is 3. The molecule has 3 heteroatoms. The lowest BCUT2D eigenvalue weighted by atomic mass is 9.91. The van der Waals surface area contributed by atoms with Gasteiger partial charge in [0.1, 0.15) is 0 Å². The van der Waals surface area contributed by atoms with Crippen LogP contribution in [0.5, 0.6) is 0 Å². The van der Waals surface area contributed by atoms with Crippen molar-refractivity contribution in [2.45, 2.75) is 103 Å². The highest BCUT2D eigenvalue weighted by atomic mass is 16.5. The van der Waals surface area contributed by atoms with Crippen molar-refractivity contribution in [3.8, 4) is 0 Å². The first-order valence-electron chi connectivity index (χ1n) is 9.16. The van der Waals surface area contributed by atoms with Crippen LogP contribution in [0.3, 0.4) is 0 Å². The second-order valence-corrected chi connectivity index (χ2v) is 6.84. The minimum absolute atomic E-state index is 0.0745. The van der Waals surface area contributed by atoms with E-state index in [1.165, 1.54) is 44.9 Å². The van der Waals surface area contributed by atoms with Crippen molar-refractivity contribution in [2.24, 2.45) is 0 Å². The molecule has 1 rings (SSSR count). The standard InChI is InChI=1S/C18H37NO2/c1-4-6-7-8-10-16(3)21-14-9-13-18(5-2,15-20)19-17-11-12-17/h16-17,19-20H,4-15H2,1-3H3. The van der Waals surface area contributed by atoms with Crippen molar-refractivity contribution in [3.05, 3.63) is 0 Å². The summed E-state index contributed by atoms with van der Waals surface area (Å²) in [6, 6.07) is 0.649. The highest BCUT2D eigenvalue weighted by Crippen LogP contribution is 2.26. The first-order chi connectivity index (χ1) is 10.2. The lowest BCUT2D eigenvalue weighted by molar-refractivity contribution is 0.0471. The number of hydrogen-bond donors (Lipinski definition) is 2. The van der Waals surface area contributed by atoms with Gasteiger partial charge >= 0.3 is 0 Å². The number of aliphatic hydroxyl groups is 1. The summed E-state index contributed by atoms with van der Waals surface area (Å²) in [5.41, 5.74) is -0.0745. The SMILES string of the molecule is CCCCCCC(C)OCCCC(CC)(CO)NC1CC1. The molecule has 2 N–H and O–H groups in total. The molecule has 0 aliphatic heterocycles. The summed E-state index contributed by atoms with van der Waals surface area (Å²) in [4.78, 5) is 0. The first-order valence-corrected chi connectivity index (χ1v) is 9.16. The molecule has 2 unspecified atom stereocenters. The summed E-state index contributed by atoms with van der Waals surface area (Å²) in [7, 11) is 0. The minimum atomic E-state index is -0.0745. The molecular weight excluding hydrogens is 262 g/mol. The van der Waals surface area contributed by atoms with E-state index in [-0.39, 0.29) is 12.1 Å². The van der Waals surface area contributed by atoms with Gasteiger partial charge in [-0.1, -0.05) is 39.5 Å². The number of aliphatic hydroxyl groups excluding tert-OH is 1. The van der Waals surface area contributed by atoms with Crippen molar-refractivity contribution in [3.63, 3.8) is 0 Å². The topological polar surface area (TPSA) is 41.5 Å². The van der Waals surface area contributed by atoms with Gasteiger partial charge < -0.3 is 15.2 Å². The van der Waals surface area contributed by atoms with Gasteiger partial charge in [-0.2, -0.15) is 0 Å². The summed E-state index contributed by atoms with van der Waals surface area (Å²) in [5.74, 6) is 0. The summed E-state index contributed by atoms with van der Waals surface area (Å²) in [6.45, 7) is 7.67. The van der Waals surface area contributed by atoms with Crippen molar-refractivity contribution in [1.82, 2.24) is 5.32 Å². The Morgan fingerprint density at radius 1 is 1.19 bits per heavy atom. The maximum Gasteiger partial charge on any atom is 0.0613 e. The van der Waals surface area contributed by atoms with E-state index in [1.54, 1.807) is 0 Å². The molecule has 126 valence electrons.